The van der Waals surface area contributed by atoms with Crippen LogP contribution in [-0.4, -0.2) is 17.9 Å². The number of hydrogen-bond donors (Lipinski definition) is 0. The van der Waals surface area contributed by atoms with E-state index >= 15 is 0 Å². The summed E-state index contributed by atoms with van der Waals surface area (Å²) < 4.78 is 6.95. The summed E-state index contributed by atoms with van der Waals surface area (Å²) in [5, 5.41) is 0. The molecule has 0 saturated heterocycles. The Kier molecular flexibility index (Phi) is 4.47. The molecule has 5 heteroatoms. The summed E-state index contributed by atoms with van der Waals surface area (Å²) >= 11 is 6.79. The van der Waals surface area contributed by atoms with Gasteiger partial charge >= 0.3 is 0 Å². The largest absolute Gasteiger partial charge is 0.469 e. The zero-order valence-electron chi connectivity index (χ0n) is 10.6. The van der Waals surface area contributed by atoms with Crippen molar-refractivity contribution in [2.45, 2.75) is 13.5 Å². The van der Waals surface area contributed by atoms with Gasteiger partial charge in [0.15, 0.2) is 0 Å². The molecule has 100 valence electrons. The number of furan rings is 1. The van der Waals surface area contributed by atoms with Gasteiger partial charge in [0, 0.05) is 28.1 Å². The summed E-state index contributed by atoms with van der Waals surface area (Å²) in [6, 6.07) is 7.41. The van der Waals surface area contributed by atoms with Gasteiger partial charge in [0.25, 0.3) is 5.91 Å². The molecule has 0 radical (unpaired) electrons. The molecule has 1 amide bonds. The first-order chi connectivity index (χ1) is 8.99. The number of amides is 1. The molecule has 3 nitrogen and oxygen atoms in total. The van der Waals surface area contributed by atoms with Crippen molar-refractivity contribution in [2.24, 2.45) is 0 Å². The van der Waals surface area contributed by atoms with E-state index in [2.05, 4.69) is 31.9 Å². The van der Waals surface area contributed by atoms with Crippen LogP contribution >= 0.6 is 31.9 Å². The molecule has 1 aromatic heterocycles. The fraction of sp³-hybridized carbons (Fsp3) is 0.214. The van der Waals surface area contributed by atoms with Crippen LogP contribution in [0, 0.1) is 6.92 Å². The summed E-state index contributed by atoms with van der Waals surface area (Å²) in [7, 11) is 1.78. The summed E-state index contributed by atoms with van der Waals surface area (Å²) in [4.78, 5) is 14.0. The second-order valence-corrected chi connectivity index (χ2v) is 6.06. The predicted molar refractivity (Wildman–Crippen MR) is 81.1 cm³/mol. The fourth-order valence-electron chi connectivity index (χ4n) is 1.77. The zero-order valence-corrected chi connectivity index (χ0v) is 13.8. The lowest BCUT2D eigenvalue weighted by Gasteiger charge is -2.17. The molecule has 0 aliphatic rings. The van der Waals surface area contributed by atoms with Gasteiger partial charge in [-0.25, -0.2) is 0 Å². The van der Waals surface area contributed by atoms with E-state index in [0.29, 0.717) is 12.1 Å². The first kappa shape index (κ1) is 14.3. The van der Waals surface area contributed by atoms with Gasteiger partial charge in [-0.2, -0.15) is 0 Å². The Morgan fingerprint density at radius 2 is 2.05 bits per heavy atom. The Balaban J connectivity index is 2.17. The molecule has 0 bridgehead atoms. The zero-order chi connectivity index (χ0) is 14.0. The second-order valence-electron chi connectivity index (χ2n) is 4.29. The molecule has 1 aromatic carbocycles. The van der Waals surface area contributed by atoms with Crippen molar-refractivity contribution in [2.75, 3.05) is 7.05 Å². The number of nitrogens with zero attached hydrogens (tertiary/aromatic N) is 1. The number of rotatable bonds is 3. The van der Waals surface area contributed by atoms with Gasteiger partial charge in [-0.1, -0.05) is 15.9 Å². The molecule has 19 heavy (non-hydrogen) atoms. The lowest BCUT2D eigenvalue weighted by atomic mass is 10.2. The van der Waals surface area contributed by atoms with Crippen molar-refractivity contribution >= 4 is 37.8 Å². The number of carbonyl (C=O) groups excluding carboxylic acids is 1. The molecule has 2 rings (SSSR count). The van der Waals surface area contributed by atoms with Crippen LogP contribution in [0.2, 0.25) is 0 Å². The van der Waals surface area contributed by atoms with Gasteiger partial charge in [-0.05, 0) is 47.1 Å². The molecule has 0 spiro atoms. The van der Waals surface area contributed by atoms with E-state index in [0.717, 1.165) is 20.3 Å². The third kappa shape index (κ3) is 3.28. The molecule has 1 heterocycles. The van der Waals surface area contributed by atoms with Crippen LogP contribution in [0.1, 0.15) is 21.7 Å². The van der Waals surface area contributed by atoms with Gasteiger partial charge < -0.3 is 9.32 Å². The Bertz CT molecular complexity index is 607. The molecular weight excluding hydrogens is 374 g/mol. The van der Waals surface area contributed by atoms with Crippen molar-refractivity contribution < 1.29 is 9.21 Å². The minimum atomic E-state index is -0.0278. The molecule has 0 N–H and O–H groups in total. The third-order valence-electron chi connectivity index (χ3n) is 2.88. The number of carbonyl (C=O) groups is 1. The predicted octanol–water partition coefficient (Wildman–Crippen LogP) is 4.39. The van der Waals surface area contributed by atoms with Crippen LogP contribution < -0.4 is 0 Å². The Labute approximate surface area is 128 Å². The van der Waals surface area contributed by atoms with E-state index in [1.807, 2.05) is 25.1 Å². The van der Waals surface area contributed by atoms with Crippen molar-refractivity contribution in [3.05, 3.63) is 56.4 Å². The smallest absolute Gasteiger partial charge is 0.255 e. The number of aryl methyl sites for hydroxylation is 1. The van der Waals surface area contributed by atoms with E-state index in [-0.39, 0.29) is 5.91 Å². The highest BCUT2D eigenvalue weighted by atomic mass is 79.9. The van der Waals surface area contributed by atoms with E-state index in [1.54, 1.807) is 24.3 Å². The van der Waals surface area contributed by atoms with Gasteiger partial charge in [-0.3, -0.25) is 4.79 Å². The summed E-state index contributed by atoms with van der Waals surface area (Å²) in [5.74, 6) is 0.814. The summed E-state index contributed by atoms with van der Waals surface area (Å²) in [5.41, 5.74) is 1.66. The van der Waals surface area contributed by atoms with Crippen molar-refractivity contribution in [3.8, 4) is 0 Å². The molecule has 2 aromatic rings. The van der Waals surface area contributed by atoms with Gasteiger partial charge in [0.2, 0.25) is 0 Å². The van der Waals surface area contributed by atoms with Crippen LogP contribution in [0.25, 0.3) is 0 Å². The van der Waals surface area contributed by atoms with Crippen molar-refractivity contribution in [1.82, 2.24) is 4.90 Å². The van der Waals surface area contributed by atoms with Gasteiger partial charge in [-0.15, -0.1) is 0 Å². The van der Waals surface area contributed by atoms with Crippen LogP contribution in [-0.2, 0) is 6.54 Å². The van der Waals surface area contributed by atoms with Crippen LogP contribution in [0.15, 0.2) is 43.9 Å². The Hall–Kier alpha value is -1.07. The lowest BCUT2D eigenvalue weighted by molar-refractivity contribution is 0.0784. The molecule has 0 atom stereocenters. The van der Waals surface area contributed by atoms with Gasteiger partial charge in [0.1, 0.15) is 5.76 Å². The molecular formula is C14H13Br2NO2. The maximum Gasteiger partial charge on any atom is 0.255 e. The topological polar surface area (TPSA) is 33.5 Å². The normalized spacial score (nSPS) is 10.5. The molecule has 0 aliphatic heterocycles. The molecule has 0 saturated carbocycles. The average Bonchev–Trinajstić information content (AvgIpc) is 2.74. The highest BCUT2D eigenvalue weighted by molar-refractivity contribution is 9.11. The minimum absolute atomic E-state index is 0.0278. The Morgan fingerprint density at radius 3 is 2.63 bits per heavy atom. The maximum atomic E-state index is 12.4. The van der Waals surface area contributed by atoms with E-state index in [9.17, 15) is 4.79 Å². The minimum Gasteiger partial charge on any atom is -0.469 e. The van der Waals surface area contributed by atoms with Crippen molar-refractivity contribution in [3.63, 3.8) is 0 Å². The number of benzene rings is 1. The molecule has 0 aliphatic carbocycles. The van der Waals surface area contributed by atoms with Crippen LogP contribution in [0.4, 0.5) is 0 Å². The highest BCUT2D eigenvalue weighted by Gasteiger charge is 2.16. The number of hydrogen-bond acceptors (Lipinski definition) is 2. The maximum absolute atomic E-state index is 12.4. The third-order valence-corrected chi connectivity index (χ3v) is 4.03. The Morgan fingerprint density at radius 1 is 1.32 bits per heavy atom. The standard InChI is InChI=1S/C14H13Br2NO2/c1-9-10(5-6-19-9)8-17(2)14(18)12-4-3-11(15)7-13(12)16/h3-7H,8H2,1-2H3. The van der Waals surface area contributed by atoms with Crippen molar-refractivity contribution in [1.29, 1.82) is 0 Å². The lowest BCUT2D eigenvalue weighted by Crippen LogP contribution is -2.26. The molecule has 0 unspecified atom stereocenters. The molecule has 0 fully saturated rings. The SMILES string of the molecule is Cc1occc1CN(C)C(=O)c1ccc(Br)cc1Br. The highest BCUT2D eigenvalue weighted by Crippen LogP contribution is 2.23. The quantitative estimate of drug-likeness (QED) is 0.783. The average molecular weight is 387 g/mol. The fourth-order valence-corrected chi connectivity index (χ4v) is 2.99. The van der Waals surface area contributed by atoms with Crippen LogP contribution in [0.3, 0.4) is 0 Å². The van der Waals surface area contributed by atoms with E-state index in [4.69, 9.17) is 4.42 Å². The van der Waals surface area contributed by atoms with E-state index < -0.39 is 0 Å². The number of halogens is 2. The van der Waals surface area contributed by atoms with Crippen LogP contribution in [0.5, 0.6) is 0 Å². The van der Waals surface area contributed by atoms with Gasteiger partial charge in [0.05, 0.1) is 11.8 Å². The first-order valence-corrected chi connectivity index (χ1v) is 7.31. The monoisotopic (exact) mass is 385 g/mol. The summed E-state index contributed by atoms with van der Waals surface area (Å²) in [6.45, 7) is 2.42. The second kappa shape index (κ2) is 5.92. The summed E-state index contributed by atoms with van der Waals surface area (Å²) in [6.07, 6.45) is 1.64. The first-order valence-electron chi connectivity index (χ1n) is 5.72. The van der Waals surface area contributed by atoms with E-state index in [1.165, 1.54) is 0 Å².